The third-order valence-corrected chi connectivity index (χ3v) is 7.25. The van der Waals surface area contributed by atoms with Crippen LogP contribution in [0.5, 0.6) is 0 Å². The van der Waals surface area contributed by atoms with Gasteiger partial charge in [0.2, 0.25) is 5.91 Å². The summed E-state index contributed by atoms with van der Waals surface area (Å²) in [6, 6.07) is 9.60. The zero-order valence-corrected chi connectivity index (χ0v) is 19.1. The van der Waals surface area contributed by atoms with E-state index in [0.29, 0.717) is 16.5 Å². The van der Waals surface area contributed by atoms with Crippen molar-refractivity contribution in [2.24, 2.45) is 5.92 Å². The largest absolute Gasteiger partial charge is 0.348 e. The lowest BCUT2D eigenvalue weighted by atomic mass is 9.98. The molecule has 0 aliphatic carbocycles. The van der Waals surface area contributed by atoms with Crippen LogP contribution in [0.2, 0.25) is 0 Å². The highest BCUT2D eigenvalue weighted by atomic mass is 32.2. The molecule has 3 rings (SSSR count). The van der Waals surface area contributed by atoms with Gasteiger partial charge < -0.3 is 9.88 Å². The van der Waals surface area contributed by atoms with Gasteiger partial charge in [-0.25, -0.2) is 4.98 Å². The predicted molar refractivity (Wildman–Crippen MR) is 122 cm³/mol. The van der Waals surface area contributed by atoms with Gasteiger partial charge in [-0.1, -0.05) is 62.4 Å². The maximum absolute atomic E-state index is 12.9. The number of hydrogen-bond acceptors (Lipinski definition) is 5. The monoisotopic (exact) mass is 429 g/mol. The number of amides is 1. The van der Waals surface area contributed by atoms with Crippen LogP contribution in [0.3, 0.4) is 0 Å². The first-order valence-electron chi connectivity index (χ1n) is 9.76. The number of rotatable bonds is 7. The topological polar surface area (TPSA) is 66.1 Å². The molecule has 0 radical (unpaired) electrons. The van der Waals surface area contributed by atoms with Crippen LogP contribution in [0.15, 0.2) is 40.3 Å². The van der Waals surface area contributed by atoms with Gasteiger partial charge in [-0.3, -0.25) is 9.59 Å². The first-order valence-corrected chi connectivity index (χ1v) is 11.5. The van der Waals surface area contributed by atoms with Crippen molar-refractivity contribution < 1.29 is 4.79 Å². The van der Waals surface area contributed by atoms with Gasteiger partial charge in [0.25, 0.3) is 5.56 Å². The normalized spacial score (nSPS) is 13.4. The van der Waals surface area contributed by atoms with Crippen molar-refractivity contribution in [3.05, 3.63) is 56.7 Å². The minimum absolute atomic E-state index is 0.0382. The van der Waals surface area contributed by atoms with Gasteiger partial charge in [0.1, 0.15) is 10.1 Å². The third-order valence-electron chi connectivity index (χ3n) is 5.09. The summed E-state index contributed by atoms with van der Waals surface area (Å²) >= 11 is 2.85. The number of benzene rings is 1. The molecule has 0 spiro atoms. The summed E-state index contributed by atoms with van der Waals surface area (Å²) in [5, 5.41) is 0.711. The number of hydrogen-bond donors (Lipinski definition) is 1. The fourth-order valence-corrected chi connectivity index (χ4v) is 5.42. The minimum Gasteiger partial charge on any atom is -0.348 e. The molecular formula is C22H27N3O2S2. The second kappa shape index (κ2) is 9.13. The molecular weight excluding hydrogens is 402 g/mol. The van der Waals surface area contributed by atoms with Crippen LogP contribution < -0.4 is 5.56 Å². The Morgan fingerprint density at radius 2 is 1.97 bits per heavy atom. The molecule has 1 amide bonds. The van der Waals surface area contributed by atoms with Gasteiger partial charge in [0, 0.05) is 19.0 Å². The van der Waals surface area contributed by atoms with Crippen LogP contribution >= 0.6 is 23.1 Å². The number of fused-ring (bicyclic) bond motifs is 1. The summed E-state index contributed by atoms with van der Waals surface area (Å²) in [5.74, 6) is 0.476. The molecule has 2 heterocycles. The number of carbonyl (C=O) groups is 1. The Bertz CT molecular complexity index is 1060. The molecule has 1 N–H and O–H groups in total. The number of nitrogens with zero attached hydrogens (tertiary/aromatic N) is 2. The summed E-state index contributed by atoms with van der Waals surface area (Å²) in [7, 11) is 3.48. The SMILES string of the molecule is CC[C@@H](C)Cc1c(C)sc2nc(S[C@H](C(=O)N(C)C)c3ccccc3)[nH]c(=O)c12. The van der Waals surface area contributed by atoms with E-state index in [4.69, 9.17) is 4.98 Å². The average molecular weight is 430 g/mol. The van der Waals surface area contributed by atoms with E-state index in [1.54, 1.807) is 30.3 Å². The summed E-state index contributed by atoms with van der Waals surface area (Å²) in [5.41, 5.74) is 1.87. The molecule has 2 aromatic heterocycles. The molecule has 5 nitrogen and oxygen atoms in total. The van der Waals surface area contributed by atoms with E-state index in [-0.39, 0.29) is 11.5 Å². The van der Waals surface area contributed by atoms with Crippen LogP contribution in [-0.4, -0.2) is 34.9 Å². The lowest BCUT2D eigenvalue weighted by Gasteiger charge is -2.20. The summed E-state index contributed by atoms with van der Waals surface area (Å²) in [6.45, 7) is 6.42. The van der Waals surface area contributed by atoms with E-state index in [9.17, 15) is 9.59 Å². The number of carbonyl (C=O) groups excluding carboxylic acids is 1. The molecule has 154 valence electrons. The van der Waals surface area contributed by atoms with Gasteiger partial charge >= 0.3 is 0 Å². The van der Waals surface area contributed by atoms with Gasteiger partial charge in [0.05, 0.1) is 5.39 Å². The average Bonchev–Trinajstić information content (AvgIpc) is 3.01. The number of nitrogens with one attached hydrogen (secondary N) is 1. The highest BCUT2D eigenvalue weighted by Crippen LogP contribution is 2.36. The van der Waals surface area contributed by atoms with Crippen molar-refractivity contribution in [3.8, 4) is 0 Å². The number of aromatic nitrogens is 2. The lowest BCUT2D eigenvalue weighted by Crippen LogP contribution is -2.27. The Balaban J connectivity index is 2.01. The number of H-pyrrole nitrogens is 1. The van der Waals surface area contributed by atoms with E-state index >= 15 is 0 Å². The van der Waals surface area contributed by atoms with Crippen molar-refractivity contribution in [3.63, 3.8) is 0 Å². The number of aryl methyl sites for hydroxylation is 1. The van der Waals surface area contributed by atoms with Crippen LogP contribution in [-0.2, 0) is 11.2 Å². The maximum Gasteiger partial charge on any atom is 0.260 e. The second-order valence-corrected chi connectivity index (χ2v) is 9.84. The highest BCUT2D eigenvalue weighted by Gasteiger charge is 2.25. The standard InChI is InChI=1S/C22H27N3O2S2/c1-6-13(2)12-16-14(3)28-20-17(16)19(26)23-22(24-20)29-18(21(27)25(4)5)15-10-8-7-9-11-15/h7-11,13,18H,6,12H2,1-5H3,(H,23,24,26)/t13-,18+/m1/s1. The molecule has 0 saturated heterocycles. The molecule has 0 saturated carbocycles. The molecule has 0 fully saturated rings. The number of thioether (sulfide) groups is 1. The number of likely N-dealkylation sites (N-methyl/N-ethyl adjacent to an activating group) is 1. The zero-order chi connectivity index (χ0) is 21.1. The van der Waals surface area contributed by atoms with Crippen molar-refractivity contribution >= 4 is 39.2 Å². The Kier molecular flexibility index (Phi) is 6.80. The third kappa shape index (κ3) is 4.73. The van der Waals surface area contributed by atoms with Crippen molar-refractivity contribution in [1.82, 2.24) is 14.9 Å². The smallest absolute Gasteiger partial charge is 0.260 e. The first kappa shape index (κ1) is 21.6. The Hall–Kier alpha value is -2.12. The Morgan fingerprint density at radius 1 is 1.28 bits per heavy atom. The fraction of sp³-hybridized carbons (Fsp3) is 0.409. The Morgan fingerprint density at radius 3 is 2.59 bits per heavy atom. The fourth-order valence-electron chi connectivity index (χ4n) is 3.18. The Labute approximate surface area is 179 Å². The molecule has 1 aromatic carbocycles. The molecule has 3 aromatic rings. The van der Waals surface area contributed by atoms with E-state index < -0.39 is 5.25 Å². The van der Waals surface area contributed by atoms with Gasteiger partial charge in [-0.2, -0.15) is 0 Å². The van der Waals surface area contributed by atoms with Crippen molar-refractivity contribution in [2.75, 3.05) is 14.1 Å². The second-order valence-electron chi connectivity index (χ2n) is 7.55. The number of aromatic amines is 1. The molecule has 0 unspecified atom stereocenters. The quantitative estimate of drug-likeness (QED) is 0.433. The van der Waals surface area contributed by atoms with E-state index in [2.05, 4.69) is 25.8 Å². The predicted octanol–water partition coefficient (Wildman–Crippen LogP) is 4.80. The van der Waals surface area contributed by atoms with Crippen molar-refractivity contribution in [1.29, 1.82) is 0 Å². The van der Waals surface area contributed by atoms with Crippen LogP contribution in [0.1, 0.15) is 41.5 Å². The zero-order valence-electron chi connectivity index (χ0n) is 17.5. The van der Waals surface area contributed by atoms with Crippen molar-refractivity contribution in [2.45, 2.75) is 44.0 Å². The van der Waals surface area contributed by atoms with Gasteiger partial charge in [0.15, 0.2) is 5.16 Å². The first-order chi connectivity index (χ1) is 13.8. The number of thiophene rings is 1. The molecule has 2 atom stereocenters. The molecule has 0 bridgehead atoms. The van der Waals surface area contributed by atoms with Gasteiger partial charge in [-0.15, -0.1) is 11.3 Å². The minimum atomic E-state index is -0.465. The van der Waals surface area contributed by atoms with E-state index in [1.807, 2.05) is 30.3 Å². The summed E-state index contributed by atoms with van der Waals surface area (Å²) in [6.07, 6.45) is 1.95. The van der Waals surface area contributed by atoms with Crippen LogP contribution in [0.4, 0.5) is 0 Å². The van der Waals surface area contributed by atoms with Gasteiger partial charge in [-0.05, 0) is 30.4 Å². The highest BCUT2D eigenvalue weighted by molar-refractivity contribution is 8.00. The lowest BCUT2D eigenvalue weighted by molar-refractivity contribution is -0.128. The summed E-state index contributed by atoms with van der Waals surface area (Å²) in [4.78, 5) is 36.8. The van der Waals surface area contributed by atoms with Crippen LogP contribution in [0, 0.1) is 12.8 Å². The molecule has 0 aliphatic heterocycles. The molecule has 7 heteroatoms. The molecule has 0 aliphatic rings. The van der Waals surface area contributed by atoms with E-state index in [1.165, 1.54) is 11.8 Å². The molecule has 29 heavy (non-hydrogen) atoms. The maximum atomic E-state index is 12.9. The van der Waals surface area contributed by atoms with E-state index in [0.717, 1.165) is 33.7 Å². The summed E-state index contributed by atoms with van der Waals surface area (Å²) < 4.78 is 0. The van der Waals surface area contributed by atoms with Crippen LogP contribution in [0.25, 0.3) is 10.2 Å².